The van der Waals surface area contributed by atoms with E-state index in [0.29, 0.717) is 28.7 Å². The van der Waals surface area contributed by atoms with Crippen molar-refractivity contribution < 1.29 is 23.8 Å². The lowest BCUT2D eigenvalue weighted by atomic mass is 10.1. The highest BCUT2D eigenvalue weighted by molar-refractivity contribution is 6.30. The maximum Gasteiger partial charge on any atom is 0.339 e. The second-order valence-electron chi connectivity index (χ2n) is 6.38. The molecule has 0 aliphatic carbocycles. The van der Waals surface area contributed by atoms with Crippen LogP contribution in [0.15, 0.2) is 72.8 Å². The molecule has 6 nitrogen and oxygen atoms in total. The Bertz CT molecular complexity index is 1020. The highest BCUT2D eigenvalue weighted by Crippen LogP contribution is 2.30. The fourth-order valence-corrected chi connectivity index (χ4v) is 2.87. The van der Waals surface area contributed by atoms with Gasteiger partial charge < -0.3 is 19.9 Å². The zero-order chi connectivity index (χ0) is 21.5. The lowest BCUT2D eigenvalue weighted by Crippen LogP contribution is -2.26. The maximum atomic E-state index is 12.6. The minimum atomic E-state index is -1.19. The zero-order valence-electron chi connectivity index (χ0n) is 16.2. The van der Waals surface area contributed by atoms with E-state index in [-0.39, 0.29) is 5.56 Å². The molecule has 3 aromatic rings. The Morgan fingerprint density at radius 2 is 1.67 bits per heavy atom. The molecule has 154 valence electrons. The Hall–Kier alpha value is -3.51. The summed E-state index contributed by atoms with van der Waals surface area (Å²) in [6, 6.07) is 20.5. The molecule has 30 heavy (non-hydrogen) atoms. The van der Waals surface area contributed by atoms with Crippen LogP contribution in [-0.4, -0.2) is 19.0 Å². The molecule has 0 bridgehead atoms. The van der Waals surface area contributed by atoms with Gasteiger partial charge in [-0.1, -0.05) is 54.1 Å². The summed E-state index contributed by atoms with van der Waals surface area (Å²) in [5, 5.41) is 0.643. The van der Waals surface area contributed by atoms with Crippen molar-refractivity contribution in [3.63, 3.8) is 0 Å². The van der Waals surface area contributed by atoms with E-state index >= 15 is 0 Å². The maximum absolute atomic E-state index is 12.6. The third kappa shape index (κ3) is 5.30. The molecule has 0 spiro atoms. The van der Waals surface area contributed by atoms with Crippen LogP contribution >= 0.6 is 11.6 Å². The summed E-state index contributed by atoms with van der Waals surface area (Å²) in [6.07, 6.45) is -1.19. The Balaban J connectivity index is 1.73. The van der Waals surface area contributed by atoms with E-state index in [1.807, 2.05) is 12.1 Å². The van der Waals surface area contributed by atoms with Gasteiger partial charge in [0.05, 0.1) is 12.7 Å². The number of hydrogen-bond donors (Lipinski definition) is 1. The first-order valence-electron chi connectivity index (χ1n) is 9.08. The predicted octanol–water partition coefficient (Wildman–Crippen LogP) is 4.31. The van der Waals surface area contributed by atoms with Gasteiger partial charge in [0, 0.05) is 10.6 Å². The molecule has 0 heterocycles. The molecule has 0 saturated heterocycles. The van der Waals surface area contributed by atoms with E-state index in [1.54, 1.807) is 48.5 Å². The van der Waals surface area contributed by atoms with Crippen molar-refractivity contribution >= 4 is 23.5 Å². The lowest BCUT2D eigenvalue weighted by molar-refractivity contribution is -0.127. The second kappa shape index (κ2) is 9.80. The van der Waals surface area contributed by atoms with Crippen LogP contribution in [0.25, 0.3) is 0 Å². The number of hydrogen-bond acceptors (Lipinski definition) is 5. The normalized spacial score (nSPS) is 11.4. The van der Waals surface area contributed by atoms with Gasteiger partial charge in [-0.15, -0.1) is 0 Å². The molecular formula is C23H20ClNO5. The summed E-state index contributed by atoms with van der Waals surface area (Å²) in [7, 11) is 1.47. The molecule has 0 aliphatic rings. The summed E-state index contributed by atoms with van der Waals surface area (Å²) >= 11 is 5.88. The first-order valence-corrected chi connectivity index (χ1v) is 9.46. The number of ether oxygens (including phenoxy) is 3. The first-order chi connectivity index (χ1) is 14.5. The van der Waals surface area contributed by atoms with E-state index in [4.69, 9.17) is 31.5 Å². The number of rotatable bonds is 8. The van der Waals surface area contributed by atoms with E-state index in [2.05, 4.69) is 0 Å². The average Bonchev–Trinajstić information content (AvgIpc) is 2.77. The van der Waals surface area contributed by atoms with Crippen LogP contribution in [0.4, 0.5) is 0 Å². The van der Waals surface area contributed by atoms with Gasteiger partial charge in [0.1, 0.15) is 6.61 Å². The highest BCUT2D eigenvalue weighted by Gasteiger charge is 2.24. The molecule has 0 aliphatic heterocycles. The fraction of sp³-hybridized carbons (Fsp3) is 0.130. The molecule has 0 saturated carbocycles. The number of halogens is 1. The van der Waals surface area contributed by atoms with Gasteiger partial charge >= 0.3 is 5.97 Å². The molecule has 2 N–H and O–H groups in total. The summed E-state index contributed by atoms with van der Waals surface area (Å²) < 4.78 is 16.5. The second-order valence-corrected chi connectivity index (χ2v) is 6.82. The molecule has 3 rings (SSSR count). The Morgan fingerprint density at radius 1 is 0.967 bits per heavy atom. The SMILES string of the molecule is COc1cc(C(=O)OC(C(N)=O)c2ccccc2)ccc1OCc1ccc(Cl)cc1. The Morgan fingerprint density at radius 3 is 2.30 bits per heavy atom. The van der Waals surface area contributed by atoms with E-state index in [0.717, 1.165) is 5.56 Å². The van der Waals surface area contributed by atoms with E-state index < -0.39 is 18.0 Å². The molecule has 1 amide bonds. The van der Waals surface area contributed by atoms with Crippen LogP contribution in [0.3, 0.4) is 0 Å². The van der Waals surface area contributed by atoms with E-state index in [1.165, 1.54) is 19.2 Å². The van der Waals surface area contributed by atoms with E-state index in [9.17, 15) is 9.59 Å². The van der Waals surface area contributed by atoms with Gasteiger partial charge in [0.2, 0.25) is 6.10 Å². The van der Waals surface area contributed by atoms with Crippen LogP contribution in [0.2, 0.25) is 5.02 Å². The van der Waals surface area contributed by atoms with Gasteiger partial charge in [-0.3, -0.25) is 4.79 Å². The lowest BCUT2D eigenvalue weighted by Gasteiger charge is -2.16. The van der Waals surface area contributed by atoms with Crippen molar-refractivity contribution in [3.8, 4) is 11.5 Å². The molecule has 0 aromatic heterocycles. The fourth-order valence-electron chi connectivity index (χ4n) is 2.75. The largest absolute Gasteiger partial charge is 0.493 e. The van der Waals surface area contributed by atoms with Crippen molar-refractivity contribution in [3.05, 3.63) is 94.5 Å². The number of carbonyl (C=O) groups is 2. The minimum Gasteiger partial charge on any atom is -0.493 e. The van der Waals surface area contributed by atoms with Crippen LogP contribution in [-0.2, 0) is 16.1 Å². The third-order valence-electron chi connectivity index (χ3n) is 4.29. The number of methoxy groups -OCH3 is 1. The quantitative estimate of drug-likeness (QED) is 0.543. The molecule has 3 aromatic carbocycles. The van der Waals surface area contributed by atoms with Crippen molar-refractivity contribution in [1.29, 1.82) is 0 Å². The molecule has 1 unspecified atom stereocenters. The topological polar surface area (TPSA) is 87.9 Å². The van der Waals surface area contributed by atoms with Gasteiger partial charge in [0.15, 0.2) is 11.5 Å². The predicted molar refractivity (Wildman–Crippen MR) is 113 cm³/mol. The number of primary amides is 1. The summed E-state index contributed by atoms with van der Waals surface area (Å²) in [5.74, 6) is -0.651. The van der Waals surface area contributed by atoms with Gasteiger partial charge in [-0.05, 0) is 35.9 Å². The molecule has 0 radical (unpaired) electrons. The number of benzene rings is 3. The monoisotopic (exact) mass is 425 g/mol. The van der Waals surface area contributed by atoms with Crippen molar-refractivity contribution in [2.24, 2.45) is 5.73 Å². The number of amides is 1. The highest BCUT2D eigenvalue weighted by atomic mass is 35.5. The van der Waals surface area contributed by atoms with Crippen molar-refractivity contribution in [2.75, 3.05) is 7.11 Å². The third-order valence-corrected chi connectivity index (χ3v) is 4.54. The van der Waals surface area contributed by atoms with Crippen LogP contribution < -0.4 is 15.2 Å². The number of nitrogens with two attached hydrogens (primary N) is 1. The van der Waals surface area contributed by atoms with Crippen LogP contribution in [0.5, 0.6) is 11.5 Å². The van der Waals surface area contributed by atoms with Crippen molar-refractivity contribution in [1.82, 2.24) is 0 Å². The molecular weight excluding hydrogens is 406 g/mol. The first kappa shape index (κ1) is 21.2. The molecule has 0 fully saturated rings. The van der Waals surface area contributed by atoms with Gasteiger partial charge in [-0.2, -0.15) is 0 Å². The Labute approximate surface area is 179 Å². The van der Waals surface area contributed by atoms with Crippen molar-refractivity contribution in [2.45, 2.75) is 12.7 Å². The standard InChI is InChI=1S/C23H20ClNO5/c1-28-20-13-17(9-12-19(20)29-14-15-7-10-18(24)11-8-15)23(27)30-21(22(25)26)16-5-3-2-4-6-16/h2-13,21H,14H2,1H3,(H2,25,26). The smallest absolute Gasteiger partial charge is 0.339 e. The van der Waals surface area contributed by atoms with Gasteiger partial charge in [0.25, 0.3) is 5.91 Å². The molecule has 1 atom stereocenters. The number of esters is 1. The molecule has 7 heteroatoms. The Kier molecular flexibility index (Phi) is 6.93. The summed E-state index contributed by atoms with van der Waals surface area (Å²) in [5.41, 5.74) is 7.03. The van der Waals surface area contributed by atoms with Crippen LogP contribution in [0.1, 0.15) is 27.6 Å². The summed E-state index contributed by atoms with van der Waals surface area (Å²) in [6.45, 7) is 0.301. The average molecular weight is 426 g/mol. The zero-order valence-corrected chi connectivity index (χ0v) is 17.0. The number of carbonyl (C=O) groups excluding carboxylic acids is 2. The van der Waals surface area contributed by atoms with Crippen LogP contribution in [0, 0.1) is 0 Å². The minimum absolute atomic E-state index is 0.202. The van der Waals surface area contributed by atoms with Gasteiger partial charge in [-0.25, -0.2) is 4.79 Å². The summed E-state index contributed by atoms with van der Waals surface area (Å²) in [4.78, 5) is 24.4.